The molecule has 0 aliphatic carbocycles. The quantitative estimate of drug-likeness (QED) is 0.428. The van der Waals surface area contributed by atoms with E-state index in [2.05, 4.69) is 30.6 Å². The lowest BCUT2D eigenvalue weighted by Gasteiger charge is -2.23. The van der Waals surface area contributed by atoms with Gasteiger partial charge in [0.2, 0.25) is 17.4 Å². The maximum absolute atomic E-state index is 13.1. The van der Waals surface area contributed by atoms with E-state index in [4.69, 9.17) is 16.3 Å². The summed E-state index contributed by atoms with van der Waals surface area (Å²) in [5, 5.41) is 6.47. The van der Waals surface area contributed by atoms with Gasteiger partial charge in [0, 0.05) is 42.8 Å². The molecule has 192 valence electrons. The number of nitrogens with zero attached hydrogens (tertiary/aromatic N) is 4. The Morgan fingerprint density at radius 2 is 2.05 bits per heavy atom. The monoisotopic (exact) mass is 523 g/mol. The molecule has 2 amide bonds. The molecule has 3 aromatic heterocycles. The van der Waals surface area contributed by atoms with Crippen LogP contribution in [0.3, 0.4) is 0 Å². The predicted octanol–water partition coefficient (Wildman–Crippen LogP) is 2.30. The van der Waals surface area contributed by atoms with Crippen molar-refractivity contribution in [3.8, 4) is 11.3 Å². The summed E-state index contributed by atoms with van der Waals surface area (Å²) in [6.07, 6.45) is 4.87. The number of anilines is 1. The van der Waals surface area contributed by atoms with Crippen molar-refractivity contribution in [2.75, 3.05) is 25.1 Å². The Labute approximate surface area is 217 Å². The van der Waals surface area contributed by atoms with Crippen molar-refractivity contribution >= 4 is 29.4 Å². The van der Waals surface area contributed by atoms with Crippen molar-refractivity contribution in [2.24, 2.45) is 0 Å². The van der Waals surface area contributed by atoms with Gasteiger partial charge in [0.15, 0.2) is 0 Å². The van der Waals surface area contributed by atoms with Gasteiger partial charge in [-0.2, -0.15) is 0 Å². The molecule has 3 aromatic rings. The smallest absolute Gasteiger partial charge is 0.256 e. The lowest BCUT2D eigenvalue weighted by molar-refractivity contribution is -0.122. The molecule has 0 spiro atoms. The average Bonchev–Trinajstić information content (AvgIpc) is 3.20. The number of H-pyrrole nitrogens is 1. The Morgan fingerprint density at radius 1 is 1.24 bits per heavy atom. The lowest BCUT2D eigenvalue weighted by atomic mass is 10.1. The second-order valence-corrected chi connectivity index (χ2v) is 9.47. The van der Waals surface area contributed by atoms with Crippen molar-refractivity contribution in [1.29, 1.82) is 0 Å². The van der Waals surface area contributed by atoms with Gasteiger partial charge < -0.3 is 25.3 Å². The summed E-state index contributed by atoms with van der Waals surface area (Å²) in [6.45, 7) is 3.21. The highest BCUT2D eigenvalue weighted by atomic mass is 35.5. The Balaban J connectivity index is 1.27. The van der Waals surface area contributed by atoms with Gasteiger partial charge in [0.05, 0.1) is 40.8 Å². The maximum Gasteiger partial charge on any atom is 0.256 e. The highest BCUT2D eigenvalue weighted by molar-refractivity contribution is 6.32. The molecular formula is C25H26ClN7O4. The topological polar surface area (TPSA) is 142 Å². The highest BCUT2D eigenvalue weighted by Gasteiger charge is 2.31. The van der Waals surface area contributed by atoms with Gasteiger partial charge in [0.25, 0.3) is 5.91 Å². The van der Waals surface area contributed by atoms with Gasteiger partial charge >= 0.3 is 0 Å². The van der Waals surface area contributed by atoms with Crippen molar-refractivity contribution in [3.63, 3.8) is 0 Å². The number of hydrogen-bond donors (Lipinski definition) is 3. The van der Waals surface area contributed by atoms with Crippen LogP contribution in [-0.2, 0) is 16.1 Å². The number of carbonyl (C=O) groups is 2. The molecule has 0 saturated carbocycles. The van der Waals surface area contributed by atoms with E-state index < -0.39 is 6.04 Å². The zero-order valence-corrected chi connectivity index (χ0v) is 20.9. The van der Waals surface area contributed by atoms with Gasteiger partial charge in [-0.3, -0.25) is 19.4 Å². The van der Waals surface area contributed by atoms with Gasteiger partial charge in [0.1, 0.15) is 6.54 Å². The summed E-state index contributed by atoms with van der Waals surface area (Å²) in [5.41, 5.74) is 2.36. The molecule has 2 aliphatic rings. The van der Waals surface area contributed by atoms with E-state index in [1.54, 1.807) is 31.3 Å². The predicted molar refractivity (Wildman–Crippen MR) is 136 cm³/mol. The zero-order chi connectivity index (χ0) is 25.9. The second kappa shape index (κ2) is 10.7. The number of pyridine rings is 2. The van der Waals surface area contributed by atoms with E-state index >= 15 is 0 Å². The van der Waals surface area contributed by atoms with E-state index in [1.165, 1.54) is 17.2 Å². The van der Waals surface area contributed by atoms with Crippen molar-refractivity contribution in [1.82, 2.24) is 30.2 Å². The number of aromatic nitrogens is 4. The zero-order valence-electron chi connectivity index (χ0n) is 20.2. The lowest BCUT2D eigenvalue weighted by Crippen LogP contribution is -2.38. The first-order valence-electron chi connectivity index (χ1n) is 12.0. The molecule has 5 rings (SSSR count). The summed E-state index contributed by atoms with van der Waals surface area (Å²) in [4.78, 5) is 54.7. The molecule has 1 fully saturated rings. The number of hydrogen-bond acceptors (Lipinski definition) is 8. The normalized spacial score (nSPS) is 16.4. The molecule has 5 heterocycles. The van der Waals surface area contributed by atoms with Crippen LogP contribution in [0.2, 0.25) is 5.02 Å². The number of halogens is 1. The summed E-state index contributed by atoms with van der Waals surface area (Å²) in [7, 11) is 0. The van der Waals surface area contributed by atoms with Crippen LogP contribution < -0.4 is 16.2 Å². The number of ether oxygens (including phenoxy) is 1. The first-order valence-corrected chi connectivity index (χ1v) is 12.4. The molecule has 0 aromatic carbocycles. The molecule has 12 heteroatoms. The van der Waals surface area contributed by atoms with Crippen LogP contribution in [0.25, 0.3) is 11.3 Å². The maximum atomic E-state index is 13.1. The number of carbonyl (C=O) groups excluding carboxylic acids is 2. The number of amides is 2. The molecule has 0 radical (unpaired) electrons. The third-order valence-electron chi connectivity index (χ3n) is 6.37. The largest absolute Gasteiger partial charge is 0.381 e. The van der Waals surface area contributed by atoms with Crippen LogP contribution in [0.4, 0.5) is 5.95 Å². The molecule has 37 heavy (non-hydrogen) atoms. The molecule has 0 unspecified atom stereocenters. The molecule has 1 atom stereocenters. The number of rotatable bonds is 7. The molecule has 11 nitrogen and oxygen atoms in total. The third-order valence-corrected chi connectivity index (χ3v) is 6.65. The minimum Gasteiger partial charge on any atom is -0.381 e. The highest BCUT2D eigenvalue weighted by Crippen LogP contribution is 2.30. The second-order valence-electron chi connectivity index (χ2n) is 9.06. The van der Waals surface area contributed by atoms with Crippen LogP contribution in [0.15, 0.2) is 41.5 Å². The van der Waals surface area contributed by atoms with Crippen molar-refractivity contribution in [3.05, 3.63) is 69.0 Å². The van der Waals surface area contributed by atoms with Gasteiger partial charge in [-0.1, -0.05) is 17.7 Å². The van der Waals surface area contributed by atoms with Crippen LogP contribution in [0, 0.1) is 0 Å². The summed E-state index contributed by atoms with van der Waals surface area (Å²) in [6, 6.07) is 6.23. The minimum absolute atomic E-state index is 0.140. The summed E-state index contributed by atoms with van der Waals surface area (Å²) < 4.78 is 5.39. The Bertz CT molecular complexity index is 1390. The van der Waals surface area contributed by atoms with Crippen LogP contribution >= 0.6 is 11.6 Å². The molecule has 1 saturated heterocycles. The van der Waals surface area contributed by atoms with Gasteiger partial charge in [-0.15, -0.1) is 0 Å². The minimum atomic E-state index is -0.421. The van der Waals surface area contributed by atoms with Crippen LogP contribution in [-0.4, -0.2) is 62.5 Å². The Hall–Kier alpha value is -3.83. The van der Waals surface area contributed by atoms with Gasteiger partial charge in [-0.05, 0) is 31.9 Å². The molecule has 3 N–H and O–H groups in total. The molecular weight excluding hydrogens is 498 g/mol. The van der Waals surface area contributed by atoms with E-state index in [0.29, 0.717) is 52.4 Å². The summed E-state index contributed by atoms with van der Waals surface area (Å²) in [5.74, 6) is -0.197. The van der Waals surface area contributed by atoms with E-state index in [0.717, 1.165) is 12.8 Å². The van der Waals surface area contributed by atoms with E-state index in [1.807, 2.05) is 0 Å². The Morgan fingerprint density at radius 3 is 2.84 bits per heavy atom. The summed E-state index contributed by atoms with van der Waals surface area (Å²) >= 11 is 6.40. The van der Waals surface area contributed by atoms with Crippen LogP contribution in [0.5, 0.6) is 0 Å². The van der Waals surface area contributed by atoms with Crippen LogP contribution in [0.1, 0.15) is 47.6 Å². The number of aromatic amines is 1. The standard InChI is InChI=1S/C25H26ClN7O4/c1-14(19-3-2-4-21(34)31-19)29-22(35)13-33-12-20-17(24(33)36)9-15(10-27-20)23-18(26)11-28-25(32-23)30-16-5-7-37-8-6-16/h2-4,9-11,14,16H,5-8,12-13H2,1H3,(H,29,35)(H,31,34)(H,28,30,32)/t14-/m1/s1. The van der Waals surface area contributed by atoms with E-state index in [-0.39, 0.29) is 36.5 Å². The first-order chi connectivity index (χ1) is 17.9. The Kier molecular flexibility index (Phi) is 7.15. The number of nitrogens with one attached hydrogen (secondary N) is 3. The third kappa shape index (κ3) is 5.62. The fraction of sp³-hybridized carbons (Fsp3) is 0.360. The molecule has 0 bridgehead atoms. The first kappa shape index (κ1) is 24.8. The number of fused-ring (bicyclic) bond motifs is 1. The van der Waals surface area contributed by atoms with Crippen molar-refractivity contribution < 1.29 is 14.3 Å². The fourth-order valence-electron chi connectivity index (χ4n) is 4.40. The van der Waals surface area contributed by atoms with E-state index in [9.17, 15) is 14.4 Å². The average molecular weight is 524 g/mol. The SMILES string of the molecule is C[C@@H](NC(=O)CN1Cc2ncc(-c3nc(NC4CCOCC4)ncc3Cl)cc2C1=O)c1cccc(=O)[nH]1. The van der Waals surface area contributed by atoms with Gasteiger partial charge in [-0.25, -0.2) is 9.97 Å². The fourth-order valence-corrected chi connectivity index (χ4v) is 4.60. The van der Waals surface area contributed by atoms with Crippen molar-refractivity contribution in [2.45, 2.75) is 38.4 Å². The molecule has 2 aliphatic heterocycles.